The molecule has 0 aliphatic carbocycles. The Hall–Kier alpha value is -2.04. The maximum absolute atomic E-state index is 12.9. The molecule has 0 aliphatic rings. The smallest absolute Gasteiger partial charge is 0.204 e. The molecule has 0 spiro atoms. The minimum atomic E-state index is -0.336. The molecule has 1 aromatic heterocycles. The minimum Gasteiger partial charge on any atom is -0.494 e. The second-order valence-corrected chi connectivity index (χ2v) is 2.91. The fourth-order valence-electron chi connectivity index (χ4n) is 1.23. The molecule has 5 heteroatoms. The third-order valence-electron chi connectivity index (χ3n) is 1.91. The number of anilines is 2. The van der Waals surface area contributed by atoms with Gasteiger partial charge >= 0.3 is 0 Å². The van der Waals surface area contributed by atoms with Crippen molar-refractivity contribution in [3.63, 3.8) is 0 Å². The number of hydrogen-bond acceptors (Lipinski definition) is 3. The Morgan fingerprint density at radius 1 is 1.47 bits per heavy atom. The normalized spacial score (nSPS) is 10.0. The molecule has 4 nitrogen and oxygen atoms in total. The van der Waals surface area contributed by atoms with Gasteiger partial charge in [0.2, 0.25) is 5.95 Å². The van der Waals surface area contributed by atoms with Crippen LogP contribution in [0.3, 0.4) is 0 Å². The van der Waals surface area contributed by atoms with Crippen LogP contribution in [-0.2, 0) is 0 Å². The van der Waals surface area contributed by atoms with Gasteiger partial charge < -0.3 is 15.0 Å². The predicted octanol–water partition coefficient (Wildman–Crippen LogP) is 2.30. The number of imidazole rings is 1. The largest absolute Gasteiger partial charge is 0.494 e. The highest BCUT2D eigenvalue weighted by atomic mass is 19.1. The zero-order chi connectivity index (χ0) is 10.7. The summed E-state index contributed by atoms with van der Waals surface area (Å²) in [7, 11) is 1.49. The summed E-state index contributed by atoms with van der Waals surface area (Å²) in [6.45, 7) is 0. The van der Waals surface area contributed by atoms with E-state index in [1.807, 2.05) is 0 Å². The summed E-state index contributed by atoms with van der Waals surface area (Å²) in [6.07, 6.45) is 3.32. The molecular weight excluding hydrogens is 197 g/mol. The first-order valence-corrected chi connectivity index (χ1v) is 4.39. The van der Waals surface area contributed by atoms with Crippen molar-refractivity contribution < 1.29 is 9.13 Å². The number of methoxy groups -OCH3 is 1. The molecule has 78 valence electrons. The SMILES string of the molecule is COc1cc(F)ccc1Nc1ncc[nH]1. The van der Waals surface area contributed by atoms with E-state index >= 15 is 0 Å². The lowest BCUT2D eigenvalue weighted by Crippen LogP contribution is -1.96. The van der Waals surface area contributed by atoms with Gasteiger partial charge in [-0.25, -0.2) is 9.37 Å². The maximum atomic E-state index is 12.9. The lowest BCUT2D eigenvalue weighted by atomic mass is 10.3. The van der Waals surface area contributed by atoms with Crippen molar-refractivity contribution in [3.05, 3.63) is 36.4 Å². The molecule has 15 heavy (non-hydrogen) atoms. The predicted molar refractivity (Wildman–Crippen MR) is 54.8 cm³/mol. The van der Waals surface area contributed by atoms with Crippen molar-refractivity contribution in [2.24, 2.45) is 0 Å². The summed E-state index contributed by atoms with van der Waals surface area (Å²) in [5, 5.41) is 2.97. The monoisotopic (exact) mass is 207 g/mol. The topological polar surface area (TPSA) is 49.9 Å². The summed E-state index contributed by atoms with van der Waals surface area (Å²) in [5.74, 6) is 0.683. The number of nitrogens with zero attached hydrogens (tertiary/aromatic N) is 1. The molecule has 1 heterocycles. The van der Waals surface area contributed by atoms with Crippen LogP contribution in [0.4, 0.5) is 16.0 Å². The molecule has 2 N–H and O–H groups in total. The molecule has 0 unspecified atom stereocenters. The first-order valence-electron chi connectivity index (χ1n) is 4.39. The highest BCUT2D eigenvalue weighted by Gasteiger charge is 2.05. The number of hydrogen-bond donors (Lipinski definition) is 2. The van der Waals surface area contributed by atoms with Gasteiger partial charge in [-0.1, -0.05) is 0 Å². The zero-order valence-electron chi connectivity index (χ0n) is 8.12. The van der Waals surface area contributed by atoms with Gasteiger partial charge in [0.25, 0.3) is 0 Å². The van der Waals surface area contributed by atoms with E-state index in [1.54, 1.807) is 18.5 Å². The van der Waals surface area contributed by atoms with Gasteiger partial charge in [-0.3, -0.25) is 0 Å². The fourth-order valence-corrected chi connectivity index (χ4v) is 1.23. The van der Waals surface area contributed by atoms with E-state index in [0.717, 1.165) is 0 Å². The Morgan fingerprint density at radius 2 is 2.33 bits per heavy atom. The molecule has 1 aromatic carbocycles. The Balaban J connectivity index is 2.28. The number of aromatic amines is 1. The number of benzene rings is 1. The van der Waals surface area contributed by atoms with Crippen LogP contribution in [0.25, 0.3) is 0 Å². The van der Waals surface area contributed by atoms with E-state index in [-0.39, 0.29) is 5.82 Å². The van der Waals surface area contributed by atoms with E-state index in [9.17, 15) is 4.39 Å². The fraction of sp³-hybridized carbons (Fsp3) is 0.100. The van der Waals surface area contributed by atoms with Crippen molar-refractivity contribution >= 4 is 11.6 Å². The van der Waals surface area contributed by atoms with Crippen LogP contribution in [0.1, 0.15) is 0 Å². The maximum Gasteiger partial charge on any atom is 0.204 e. The first kappa shape index (κ1) is 9.51. The molecule has 2 rings (SSSR count). The van der Waals surface area contributed by atoms with Crippen molar-refractivity contribution in [1.82, 2.24) is 9.97 Å². The summed E-state index contributed by atoms with van der Waals surface area (Å²) in [6, 6.07) is 4.26. The van der Waals surface area contributed by atoms with Crippen LogP contribution >= 0.6 is 0 Å². The molecule has 0 aliphatic heterocycles. The first-order chi connectivity index (χ1) is 7.29. The average molecular weight is 207 g/mol. The molecule has 0 saturated carbocycles. The second-order valence-electron chi connectivity index (χ2n) is 2.91. The van der Waals surface area contributed by atoms with E-state index in [2.05, 4.69) is 15.3 Å². The van der Waals surface area contributed by atoms with Gasteiger partial charge in [0.05, 0.1) is 12.8 Å². The van der Waals surface area contributed by atoms with Gasteiger partial charge in [0.1, 0.15) is 11.6 Å². The Labute approximate surface area is 86.1 Å². The Bertz CT molecular complexity index is 442. The molecule has 2 aromatic rings. The van der Waals surface area contributed by atoms with Gasteiger partial charge in [-0.2, -0.15) is 0 Å². The molecule has 0 bridgehead atoms. The van der Waals surface area contributed by atoms with Crippen LogP contribution in [-0.4, -0.2) is 17.1 Å². The molecule has 0 saturated heterocycles. The lowest BCUT2D eigenvalue weighted by molar-refractivity contribution is 0.413. The summed E-state index contributed by atoms with van der Waals surface area (Å²) >= 11 is 0. The van der Waals surface area contributed by atoms with Crippen LogP contribution in [0.2, 0.25) is 0 Å². The Kier molecular flexibility index (Phi) is 2.53. The highest BCUT2D eigenvalue weighted by Crippen LogP contribution is 2.26. The van der Waals surface area contributed by atoms with Crippen LogP contribution in [0.15, 0.2) is 30.6 Å². The lowest BCUT2D eigenvalue weighted by Gasteiger charge is -2.08. The van der Waals surface area contributed by atoms with Gasteiger partial charge in [0.15, 0.2) is 0 Å². The van der Waals surface area contributed by atoms with E-state index in [0.29, 0.717) is 17.4 Å². The summed E-state index contributed by atoms with van der Waals surface area (Å²) in [5.41, 5.74) is 0.661. The van der Waals surface area contributed by atoms with Crippen molar-refractivity contribution in [2.75, 3.05) is 12.4 Å². The average Bonchev–Trinajstić information content (AvgIpc) is 2.73. The number of aromatic nitrogens is 2. The standard InChI is InChI=1S/C10H10FN3O/c1-15-9-6-7(11)2-3-8(9)14-10-12-4-5-13-10/h2-6H,1H3,(H2,12,13,14). The third-order valence-corrected chi connectivity index (χ3v) is 1.91. The van der Waals surface area contributed by atoms with E-state index in [1.165, 1.54) is 19.2 Å². The molecule has 0 amide bonds. The van der Waals surface area contributed by atoms with Gasteiger partial charge in [0, 0.05) is 18.5 Å². The molecule has 0 radical (unpaired) electrons. The minimum absolute atomic E-state index is 0.336. The molecule has 0 fully saturated rings. The van der Waals surface area contributed by atoms with E-state index in [4.69, 9.17) is 4.74 Å². The van der Waals surface area contributed by atoms with Crippen molar-refractivity contribution in [1.29, 1.82) is 0 Å². The number of nitrogens with one attached hydrogen (secondary N) is 2. The molecular formula is C10H10FN3O. The molecule has 0 atom stereocenters. The van der Waals surface area contributed by atoms with Crippen LogP contribution in [0.5, 0.6) is 5.75 Å². The van der Waals surface area contributed by atoms with Crippen LogP contribution < -0.4 is 10.1 Å². The third kappa shape index (κ3) is 2.07. The second kappa shape index (κ2) is 4.00. The number of rotatable bonds is 3. The zero-order valence-corrected chi connectivity index (χ0v) is 8.12. The Morgan fingerprint density at radius 3 is 3.00 bits per heavy atom. The number of H-pyrrole nitrogens is 1. The van der Waals surface area contributed by atoms with E-state index < -0.39 is 0 Å². The van der Waals surface area contributed by atoms with Crippen molar-refractivity contribution in [2.45, 2.75) is 0 Å². The summed E-state index contributed by atoms with van der Waals surface area (Å²) < 4.78 is 17.9. The van der Waals surface area contributed by atoms with Gasteiger partial charge in [-0.05, 0) is 12.1 Å². The summed E-state index contributed by atoms with van der Waals surface area (Å²) in [4.78, 5) is 6.87. The highest BCUT2D eigenvalue weighted by molar-refractivity contribution is 5.62. The van der Waals surface area contributed by atoms with Gasteiger partial charge in [-0.15, -0.1) is 0 Å². The van der Waals surface area contributed by atoms with Crippen molar-refractivity contribution in [3.8, 4) is 5.75 Å². The number of halogens is 1. The number of ether oxygens (including phenoxy) is 1. The quantitative estimate of drug-likeness (QED) is 0.811. The van der Waals surface area contributed by atoms with Crippen LogP contribution in [0, 0.1) is 5.82 Å².